The Morgan fingerprint density at radius 2 is 1.63 bits per heavy atom. The monoisotopic (exact) mass is 900 g/mol. The molecule has 0 radical (unpaired) electrons. The van der Waals surface area contributed by atoms with Gasteiger partial charge in [-0.2, -0.15) is 0 Å². The van der Waals surface area contributed by atoms with Crippen molar-refractivity contribution in [1.82, 2.24) is 25.3 Å². The van der Waals surface area contributed by atoms with Gasteiger partial charge >= 0.3 is 5.97 Å². The fourth-order valence-corrected chi connectivity index (χ4v) is 11.0. The van der Waals surface area contributed by atoms with E-state index in [1.54, 1.807) is 37.8 Å². The Hall–Kier alpha value is -3.53. The highest BCUT2D eigenvalue weighted by atomic mass is 32.2. The molecule has 14 nitrogen and oxygen atoms in total. The zero-order valence-corrected chi connectivity index (χ0v) is 40.2. The van der Waals surface area contributed by atoms with Crippen LogP contribution in [0.3, 0.4) is 0 Å². The quantitative estimate of drug-likeness (QED) is 0.0995. The van der Waals surface area contributed by atoms with Crippen LogP contribution in [0.25, 0.3) is 0 Å². The summed E-state index contributed by atoms with van der Waals surface area (Å²) >= 11 is 1.38. The van der Waals surface area contributed by atoms with Crippen LogP contribution in [-0.2, 0) is 44.7 Å². The maximum atomic E-state index is 14.6. The molecule has 0 aromatic heterocycles. The number of carbonyl (C=O) groups excluding carboxylic acids is 5. The second-order valence-electron chi connectivity index (χ2n) is 18.6. The Bertz CT molecular complexity index is 1670. The standard InChI is InChI=1S/C48H77N5O9S/c1-10-31(4)42(51(7)47(58)41(30(2)3)50-46(57)43-35-22-23-36(28-35)52(43)24-16-11-12-17-26-63-33(6)54)39(61-8)29-40(55)53-25-18-21-38(53)44(62-9)32(5)45(56)49-37(48(59)60)27-34-19-14-13-15-20-34/h13-15,19-20,30-32,35-39,41-44H,10-12,16-18,21-29H2,1-9H3,(H,49,56)(H,50,57)(H,59,60)/t31-,32+,35?,36-,37-,38-,39+,41-,42-,43-,44+/m0/s1. The molecule has 2 aliphatic heterocycles. The SMILES string of the molecule is CC[C@H](C)[C@@H]([C@@H](CC(=O)N1CCC[C@H]1[C@H](OC)[C@@H](C)C(=O)N[C@@H](Cc1ccccc1)C(=O)O)OC)N(C)C(=O)[C@@H](NC(=O)[C@@H]1C2CC[C@@H](C2)N1CCCCCCSC(C)=O)C(C)C. The number of likely N-dealkylation sites (N-methyl/N-ethyl adjacent to an activating group) is 1. The van der Waals surface area contributed by atoms with Crippen LogP contribution in [-0.4, -0.2) is 143 Å². The molecule has 3 fully saturated rings. The van der Waals surface area contributed by atoms with E-state index in [1.165, 1.54) is 18.9 Å². The summed E-state index contributed by atoms with van der Waals surface area (Å²) in [5, 5.41) is 16.0. The molecule has 3 aliphatic rings. The fraction of sp³-hybridized carbons (Fsp3) is 0.750. The minimum absolute atomic E-state index is 0.0107. The summed E-state index contributed by atoms with van der Waals surface area (Å²) in [7, 11) is 4.81. The van der Waals surface area contributed by atoms with Crippen LogP contribution in [0.2, 0.25) is 0 Å². The predicted molar refractivity (Wildman–Crippen MR) is 246 cm³/mol. The number of carboxylic acid groups (broad SMARTS) is 1. The van der Waals surface area contributed by atoms with Gasteiger partial charge in [0.15, 0.2) is 5.12 Å². The molecule has 4 amide bonds. The first-order chi connectivity index (χ1) is 30.0. The number of likely N-dealkylation sites (tertiary alicyclic amines) is 2. The first kappa shape index (κ1) is 52.1. The van der Waals surface area contributed by atoms with Crippen molar-refractivity contribution in [3.8, 4) is 0 Å². The largest absolute Gasteiger partial charge is 0.480 e. The number of fused-ring (bicyclic) bond motifs is 2. The summed E-state index contributed by atoms with van der Waals surface area (Å²) in [5.74, 6) is -1.99. The molecule has 1 aromatic rings. The molecule has 1 unspecified atom stereocenters. The minimum atomic E-state index is -1.14. The molecule has 0 spiro atoms. The van der Waals surface area contributed by atoms with E-state index in [4.69, 9.17) is 9.47 Å². The number of piperidine rings is 1. The summed E-state index contributed by atoms with van der Waals surface area (Å²) in [6, 6.07) is 6.43. The molecule has 2 heterocycles. The zero-order valence-electron chi connectivity index (χ0n) is 39.4. The first-order valence-electron chi connectivity index (χ1n) is 23.4. The van der Waals surface area contributed by atoms with Crippen LogP contribution < -0.4 is 10.6 Å². The molecular weight excluding hydrogens is 823 g/mol. The van der Waals surface area contributed by atoms with Crippen molar-refractivity contribution < 1.29 is 43.3 Å². The summed E-state index contributed by atoms with van der Waals surface area (Å²) in [4.78, 5) is 86.0. The number of carboxylic acids is 1. The molecule has 63 heavy (non-hydrogen) atoms. The van der Waals surface area contributed by atoms with E-state index < -0.39 is 54.2 Å². The average molecular weight is 900 g/mol. The molecule has 3 N–H and O–H groups in total. The third-order valence-electron chi connectivity index (χ3n) is 14.0. The fourth-order valence-electron chi connectivity index (χ4n) is 10.4. The second kappa shape index (κ2) is 25.2. The molecular formula is C48H77N5O9S. The Labute approximate surface area is 380 Å². The van der Waals surface area contributed by atoms with Crippen LogP contribution in [0.15, 0.2) is 30.3 Å². The predicted octanol–water partition coefficient (Wildman–Crippen LogP) is 5.55. The number of ether oxygens (including phenoxy) is 2. The molecule has 15 heteroatoms. The summed E-state index contributed by atoms with van der Waals surface area (Å²) in [6.07, 6.45) is 7.99. The topological polar surface area (TPSA) is 175 Å². The smallest absolute Gasteiger partial charge is 0.326 e. The van der Waals surface area contributed by atoms with Crippen LogP contribution >= 0.6 is 11.8 Å². The van der Waals surface area contributed by atoms with Gasteiger partial charge in [-0.3, -0.25) is 28.9 Å². The number of aliphatic carboxylic acids is 1. The van der Waals surface area contributed by atoms with E-state index in [1.807, 2.05) is 58.0 Å². The number of nitrogens with zero attached hydrogens (tertiary/aromatic N) is 3. The van der Waals surface area contributed by atoms with Crippen molar-refractivity contribution in [3.63, 3.8) is 0 Å². The Balaban J connectivity index is 1.42. The number of carbonyl (C=O) groups is 6. The molecule has 2 saturated heterocycles. The third-order valence-corrected chi connectivity index (χ3v) is 14.9. The molecule has 11 atom stereocenters. The molecule has 1 saturated carbocycles. The van der Waals surface area contributed by atoms with Gasteiger partial charge in [-0.25, -0.2) is 4.79 Å². The van der Waals surface area contributed by atoms with Gasteiger partial charge in [0.2, 0.25) is 23.6 Å². The maximum absolute atomic E-state index is 14.6. The van der Waals surface area contributed by atoms with E-state index in [-0.39, 0.29) is 59.5 Å². The van der Waals surface area contributed by atoms with Crippen LogP contribution in [0.4, 0.5) is 0 Å². The summed E-state index contributed by atoms with van der Waals surface area (Å²) < 4.78 is 12.0. The number of amides is 4. The van der Waals surface area contributed by atoms with E-state index >= 15 is 0 Å². The van der Waals surface area contributed by atoms with Gasteiger partial charge < -0.3 is 35.0 Å². The van der Waals surface area contributed by atoms with Gasteiger partial charge in [-0.1, -0.05) is 96.0 Å². The number of unbranched alkanes of at least 4 members (excludes halogenated alkanes) is 3. The van der Waals surface area contributed by atoms with Gasteiger partial charge in [0, 0.05) is 53.0 Å². The lowest BCUT2D eigenvalue weighted by atomic mass is 9.89. The van der Waals surface area contributed by atoms with Crippen molar-refractivity contribution in [2.24, 2.45) is 23.7 Å². The number of hydrogen-bond donors (Lipinski definition) is 3. The van der Waals surface area contributed by atoms with Crippen LogP contribution in [0.1, 0.15) is 118 Å². The van der Waals surface area contributed by atoms with Crippen molar-refractivity contribution in [2.45, 2.75) is 167 Å². The van der Waals surface area contributed by atoms with Crippen molar-refractivity contribution in [1.29, 1.82) is 0 Å². The van der Waals surface area contributed by atoms with E-state index in [9.17, 15) is 33.9 Å². The number of thioether (sulfide) groups is 1. The van der Waals surface area contributed by atoms with E-state index in [0.717, 1.165) is 69.2 Å². The average Bonchev–Trinajstić information content (AvgIpc) is 4.02. The highest BCUT2D eigenvalue weighted by molar-refractivity contribution is 8.13. The van der Waals surface area contributed by atoms with Gasteiger partial charge in [-0.05, 0) is 74.8 Å². The Kier molecular flexibility index (Phi) is 20.9. The van der Waals surface area contributed by atoms with E-state index in [0.29, 0.717) is 25.4 Å². The molecule has 2 bridgehead atoms. The van der Waals surface area contributed by atoms with Gasteiger partial charge in [0.25, 0.3) is 0 Å². The van der Waals surface area contributed by atoms with Crippen molar-refractivity contribution in [3.05, 3.63) is 35.9 Å². The highest BCUT2D eigenvalue weighted by Crippen LogP contribution is 2.43. The molecule has 1 aliphatic carbocycles. The molecule has 1 aromatic carbocycles. The zero-order chi connectivity index (χ0) is 46.4. The Morgan fingerprint density at radius 3 is 2.25 bits per heavy atom. The van der Waals surface area contributed by atoms with Gasteiger partial charge in [0.05, 0.1) is 42.7 Å². The normalized spacial score (nSPS) is 23.1. The molecule has 4 rings (SSSR count). The lowest BCUT2D eigenvalue weighted by Crippen LogP contribution is -2.60. The van der Waals surface area contributed by atoms with Gasteiger partial charge in [0.1, 0.15) is 12.1 Å². The third kappa shape index (κ3) is 14.0. The molecule has 354 valence electrons. The lowest BCUT2D eigenvalue weighted by molar-refractivity contribution is -0.148. The van der Waals surface area contributed by atoms with Crippen LogP contribution in [0.5, 0.6) is 0 Å². The van der Waals surface area contributed by atoms with Crippen molar-refractivity contribution >= 4 is 46.5 Å². The lowest BCUT2D eigenvalue weighted by Gasteiger charge is -2.41. The van der Waals surface area contributed by atoms with Crippen LogP contribution in [0, 0.1) is 23.7 Å². The minimum Gasteiger partial charge on any atom is -0.480 e. The number of hydrogen-bond acceptors (Lipinski definition) is 10. The Morgan fingerprint density at radius 1 is 0.937 bits per heavy atom. The maximum Gasteiger partial charge on any atom is 0.326 e. The highest BCUT2D eigenvalue weighted by Gasteiger charge is 2.50. The van der Waals surface area contributed by atoms with Gasteiger partial charge in [-0.15, -0.1) is 0 Å². The second-order valence-corrected chi connectivity index (χ2v) is 19.8. The number of nitrogens with one attached hydrogen (secondary N) is 2. The van der Waals surface area contributed by atoms with E-state index in [2.05, 4.69) is 15.5 Å². The summed E-state index contributed by atoms with van der Waals surface area (Å²) in [6.45, 7) is 12.6. The van der Waals surface area contributed by atoms with Crippen molar-refractivity contribution in [2.75, 3.05) is 40.1 Å². The first-order valence-corrected chi connectivity index (χ1v) is 24.4. The summed E-state index contributed by atoms with van der Waals surface area (Å²) in [5.41, 5.74) is 0.785. The number of benzene rings is 1. The number of rotatable bonds is 26. The number of methoxy groups -OCH3 is 2.